The van der Waals surface area contributed by atoms with Gasteiger partial charge in [-0.1, -0.05) is 24.3 Å². The first kappa shape index (κ1) is 18.4. The van der Waals surface area contributed by atoms with Crippen molar-refractivity contribution in [1.29, 1.82) is 0 Å². The number of halogens is 1. The van der Waals surface area contributed by atoms with Gasteiger partial charge in [0.1, 0.15) is 11.6 Å². The van der Waals surface area contributed by atoms with Gasteiger partial charge in [0, 0.05) is 13.1 Å². The average molecular weight is 359 g/mol. The lowest BCUT2D eigenvalue weighted by molar-refractivity contribution is -0.159. The van der Waals surface area contributed by atoms with E-state index in [1.807, 2.05) is 24.3 Å². The van der Waals surface area contributed by atoms with Crippen molar-refractivity contribution < 1.29 is 23.4 Å². The van der Waals surface area contributed by atoms with Gasteiger partial charge in [-0.2, -0.15) is 0 Å². The van der Waals surface area contributed by atoms with Crippen LogP contribution >= 0.6 is 0 Å². The lowest BCUT2D eigenvalue weighted by Gasteiger charge is -2.29. The number of benzene rings is 2. The second-order valence-corrected chi connectivity index (χ2v) is 6.11. The molecule has 138 valence electrons. The van der Waals surface area contributed by atoms with Crippen molar-refractivity contribution in [2.45, 2.75) is 19.2 Å². The zero-order valence-electron chi connectivity index (χ0n) is 14.7. The Hall–Kier alpha value is -2.44. The molecule has 0 spiro atoms. The second kappa shape index (κ2) is 8.78. The van der Waals surface area contributed by atoms with E-state index in [-0.39, 0.29) is 18.3 Å². The number of carbonyl (C=O) groups is 1. The van der Waals surface area contributed by atoms with Crippen LogP contribution in [-0.2, 0) is 27.4 Å². The van der Waals surface area contributed by atoms with Crippen LogP contribution in [0.25, 0.3) is 0 Å². The van der Waals surface area contributed by atoms with Gasteiger partial charge in [0.05, 0.1) is 26.9 Å². The van der Waals surface area contributed by atoms with Crippen molar-refractivity contribution in [3.63, 3.8) is 0 Å². The lowest BCUT2D eigenvalue weighted by Crippen LogP contribution is -2.44. The number of rotatable bonds is 6. The third kappa shape index (κ3) is 4.80. The van der Waals surface area contributed by atoms with Gasteiger partial charge in [0.15, 0.2) is 6.10 Å². The molecular formula is C20H22FNO4. The number of hydrogen-bond acceptors (Lipinski definition) is 4. The van der Waals surface area contributed by atoms with Crippen LogP contribution < -0.4 is 4.74 Å². The highest BCUT2D eigenvalue weighted by atomic mass is 19.1. The summed E-state index contributed by atoms with van der Waals surface area (Å²) >= 11 is 0. The summed E-state index contributed by atoms with van der Waals surface area (Å²) in [5.41, 5.74) is 1.68. The molecule has 0 N–H and O–H groups in total. The standard InChI is InChI=1S/C20H22FNO4/c1-24-18-7-5-15(6-8-18)12-22(13-16-3-2-4-17(21)11-16)20(23)19-14-25-9-10-26-19/h2-8,11,19H,9-10,12-14H2,1H3. The van der Waals surface area contributed by atoms with Gasteiger partial charge in [-0.15, -0.1) is 0 Å². The van der Waals surface area contributed by atoms with Gasteiger partial charge in [-0.25, -0.2) is 4.39 Å². The van der Waals surface area contributed by atoms with Crippen LogP contribution in [0.4, 0.5) is 4.39 Å². The van der Waals surface area contributed by atoms with E-state index in [9.17, 15) is 9.18 Å². The predicted octanol–water partition coefficient (Wildman–Crippen LogP) is 2.78. The third-order valence-electron chi connectivity index (χ3n) is 4.20. The molecule has 5 nitrogen and oxygen atoms in total. The fourth-order valence-corrected chi connectivity index (χ4v) is 2.85. The van der Waals surface area contributed by atoms with Gasteiger partial charge < -0.3 is 19.1 Å². The Kier molecular flexibility index (Phi) is 6.20. The van der Waals surface area contributed by atoms with Crippen molar-refractivity contribution in [2.75, 3.05) is 26.9 Å². The normalized spacial score (nSPS) is 16.9. The Bertz CT molecular complexity index is 729. The summed E-state index contributed by atoms with van der Waals surface area (Å²) in [5.74, 6) is 0.266. The topological polar surface area (TPSA) is 48.0 Å². The zero-order chi connectivity index (χ0) is 18.4. The molecule has 6 heteroatoms. The number of hydrogen-bond donors (Lipinski definition) is 0. The number of ether oxygens (including phenoxy) is 3. The largest absolute Gasteiger partial charge is 0.497 e. The van der Waals surface area contributed by atoms with Crippen LogP contribution in [0, 0.1) is 5.82 Å². The quantitative estimate of drug-likeness (QED) is 0.796. The van der Waals surface area contributed by atoms with E-state index in [0.29, 0.717) is 26.3 Å². The summed E-state index contributed by atoms with van der Waals surface area (Å²) in [6, 6.07) is 13.8. The molecule has 0 aliphatic carbocycles. The Morgan fingerprint density at radius 3 is 2.58 bits per heavy atom. The molecule has 1 fully saturated rings. The minimum absolute atomic E-state index is 0.162. The van der Waals surface area contributed by atoms with E-state index in [2.05, 4.69) is 0 Å². The van der Waals surface area contributed by atoms with Crippen LogP contribution in [0.3, 0.4) is 0 Å². The van der Waals surface area contributed by atoms with Crippen LogP contribution in [0.15, 0.2) is 48.5 Å². The van der Waals surface area contributed by atoms with Crippen molar-refractivity contribution in [3.8, 4) is 5.75 Å². The maximum Gasteiger partial charge on any atom is 0.254 e. The van der Waals surface area contributed by atoms with Gasteiger partial charge >= 0.3 is 0 Å². The van der Waals surface area contributed by atoms with Gasteiger partial charge in [-0.05, 0) is 35.4 Å². The van der Waals surface area contributed by atoms with Crippen LogP contribution in [0.1, 0.15) is 11.1 Å². The fourth-order valence-electron chi connectivity index (χ4n) is 2.85. The van der Waals surface area contributed by atoms with E-state index in [0.717, 1.165) is 16.9 Å². The average Bonchev–Trinajstić information content (AvgIpc) is 2.68. The number of nitrogens with zero attached hydrogens (tertiary/aromatic N) is 1. The highest BCUT2D eigenvalue weighted by Gasteiger charge is 2.28. The first-order valence-electron chi connectivity index (χ1n) is 8.51. The van der Waals surface area contributed by atoms with Crippen molar-refractivity contribution >= 4 is 5.91 Å². The Morgan fingerprint density at radius 2 is 1.92 bits per heavy atom. The number of amides is 1. The van der Waals surface area contributed by atoms with Crippen LogP contribution in [0.2, 0.25) is 0 Å². The SMILES string of the molecule is COc1ccc(CN(Cc2cccc(F)c2)C(=O)C2COCCO2)cc1. The predicted molar refractivity (Wildman–Crippen MR) is 94.2 cm³/mol. The smallest absolute Gasteiger partial charge is 0.254 e. The summed E-state index contributed by atoms with van der Waals surface area (Å²) in [6.45, 7) is 1.81. The highest BCUT2D eigenvalue weighted by molar-refractivity contribution is 5.81. The molecule has 3 rings (SSSR count). The van der Waals surface area contributed by atoms with Gasteiger partial charge in [-0.3, -0.25) is 4.79 Å². The molecule has 1 unspecified atom stereocenters. The molecule has 26 heavy (non-hydrogen) atoms. The van der Waals surface area contributed by atoms with E-state index < -0.39 is 6.10 Å². The molecule has 1 atom stereocenters. The molecule has 1 amide bonds. The lowest BCUT2D eigenvalue weighted by atomic mass is 10.1. The van der Waals surface area contributed by atoms with E-state index in [1.54, 1.807) is 24.1 Å². The van der Waals surface area contributed by atoms with Crippen LogP contribution in [-0.4, -0.2) is 43.8 Å². The molecule has 0 aromatic heterocycles. The molecule has 2 aromatic rings. The zero-order valence-corrected chi connectivity index (χ0v) is 14.7. The molecule has 1 aliphatic heterocycles. The fraction of sp³-hybridized carbons (Fsp3) is 0.350. The Morgan fingerprint density at radius 1 is 1.15 bits per heavy atom. The van der Waals surface area contributed by atoms with Crippen molar-refractivity contribution in [3.05, 3.63) is 65.5 Å². The second-order valence-electron chi connectivity index (χ2n) is 6.11. The first-order valence-corrected chi connectivity index (χ1v) is 8.51. The molecule has 1 heterocycles. The molecule has 1 aliphatic rings. The van der Waals surface area contributed by atoms with Gasteiger partial charge in [0.25, 0.3) is 5.91 Å². The maximum absolute atomic E-state index is 13.5. The molecular weight excluding hydrogens is 337 g/mol. The Labute approximate surface area is 152 Å². The third-order valence-corrected chi connectivity index (χ3v) is 4.20. The number of carbonyl (C=O) groups excluding carboxylic acids is 1. The summed E-state index contributed by atoms with van der Waals surface area (Å²) in [4.78, 5) is 14.6. The molecule has 1 saturated heterocycles. The molecule has 2 aromatic carbocycles. The van der Waals surface area contributed by atoms with E-state index >= 15 is 0 Å². The highest BCUT2D eigenvalue weighted by Crippen LogP contribution is 2.17. The molecule has 0 bridgehead atoms. The Balaban J connectivity index is 1.78. The maximum atomic E-state index is 13.5. The number of methoxy groups -OCH3 is 1. The van der Waals surface area contributed by atoms with E-state index in [4.69, 9.17) is 14.2 Å². The summed E-state index contributed by atoms with van der Waals surface area (Å²) in [7, 11) is 1.61. The van der Waals surface area contributed by atoms with Crippen molar-refractivity contribution in [2.24, 2.45) is 0 Å². The molecule has 0 saturated carbocycles. The van der Waals surface area contributed by atoms with Crippen LogP contribution in [0.5, 0.6) is 5.75 Å². The monoisotopic (exact) mass is 359 g/mol. The minimum Gasteiger partial charge on any atom is -0.497 e. The summed E-state index contributed by atoms with van der Waals surface area (Å²) in [6.07, 6.45) is -0.629. The van der Waals surface area contributed by atoms with E-state index in [1.165, 1.54) is 12.1 Å². The molecule has 0 radical (unpaired) electrons. The summed E-state index contributed by atoms with van der Waals surface area (Å²) in [5, 5.41) is 0. The minimum atomic E-state index is -0.629. The van der Waals surface area contributed by atoms with Gasteiger partial charge in [0.2, 0.25) is 0 Å². The summed E-state index contributed by atoms with van der Waals surface area (Å²) < 4.78 is 29.6. The van der Waals surface area contributed by atoms with Crippen molar-refractivity contribution in [1.82, 2.24) is 4.90 Å². The first-order chi connectivity index (χ1) is 12.7.